The van der Waals surface area contributed by atoms with Crippen molar-refractivity contribution in [3.8, 4) is 11.5 Å². The van der Waals surface area contributed by atoms with Crippen molar-refractivity contribution in [3.63, 3.8) is 0 Å². The van der Waals surface area contributed by atoms with Crippen LogP contribution in [0.15, 0.2) is 66.7 Å². The van der Waals surface area contributed by atoms with Crippen molar-refractivity contribution >= 4 is 32.6 Å². The van der Waals surface area contributed by atoms with Gasteiger partial charge < -0.3 is 9.64 Å². The summed E-state index contributed by atoms with van der Waals surface area (Å²) in [5.74, 6) is -0.770. The molecule has 5 nitrogen and oxygen atoms in total. The number of rotatable bonds is 7. The van der Waals surface area contributed by atoms with Gasteiger partial charge in [-0.25, -0.2) is 13.8 Å². The lowest BCUT2D eigenvalue weighted by Crippen LogP contribution is -2.36. The summed E-state index contributed by atoms with van der Waals surface area (Å²) in [5.41, 5.74) is 0.392. The van der Waals surface area contributed by atoms with E-state index in [1.807, 2.05) is 37.2 Å². The Balaban J connectivity index is 1.73. The van der Waals surface area contributed by atoms with Crippen LogP contribution in [0.5, 0.6) is 11.5 Å². The van der Waals surface area contributed by atoms with Crippen LogP contribution in [0.1, 0.15) is 10.4 Å². The highest BCUT2D eigenvalue weighted by atomic mass is 32.1. The molecule has 4 rings (SSSR count). The fourth-order valence-corrected chi connectivity index (χ4v) is 4.17. The van der Waals surface area contributed by atoms with Crippen molar-refractivity contribution < 1.29 is 18.3 Å². The zero-order valence-electron chi connectivity index (χ0n) is 17.6. The van der Waals surface area contributed by atoms with Gasteiger partial charge >= 0.3 is 0 Å². The molecule has 3 aromatic carbocycles. The minimum Gasteiger partial charge on any atom is -0.457 e. The maximum atomic E-state index is 14.2. The smallest absolute Gasteiger partial charge is 0.263 e. The molecule has 1 heterocycles. The number of thiazole rings is 1. The van der Waals surface area contributed by atoms with Crippen molar-refractivity contribution in [2.45, 2.75) is 0 Å². The topological polar surface area (TPSA) is 45.7 Å². The van der Waals surface area contributed by atoms with Crippen LogP contribution in [0.25, 0.3) is 10.2 Å². The van der Waals surface area contributed by atoms with Gasteiger partial charge in [0.2, 0.25) is 0 Å². The molecule has 164 valence electrons. The van der Waals surface area contributed by atoms with Crippen LogP contribution >= 0.6 is 11.3 Å². The molecule has 0 aliphatic rings. The Morgan fingerprint density at radius 2 is 1.72 bits per heavy atom. The van der Waals surface area contributed by atoms with Gasteiger partial charge in [-0.1, -0.05) is 41.7 Å². The molecule has 0 N–H and O–H groups in total. The normalized spacial score (nSPS) is 11.2. The van der Waals surface area contributed by atoms with Crippen LogP contribution in [-0.4, -0.2) is 43.0 Å². The van der Waals surface area contributed by atoms with Crippen LogP contribution in [-0.2, 0) is 0 Å². The Kier molecular flexibility index (Phi) is 6.43. The average molecular weight is 454 g/mol. The number of likely N-dealkylation sites (N-methyl/N-ethyl adjacent to an activating group) is 1. The van der Waals surface area contributed by atoms with E-state index in [9.17, 15) is 13.6 Å². The Hall–Kier alpha value is -3.36. The molecule has 0 aliphatic heterocycles. The van der Waals surface area contributed by atoms with E-state index in [4.69, 9.17) is 4.74 Å². The maximum Gasteiger partial charge on any atom is 0.263 e. The highest BCUT2D eigenvalue weighted by molar-refractivity contribution is 7.22. The molecular formula is C24H21F2N3O2S. The molecule has 0 bridgehead atoms. The number of fused-ring (bicyclic) bond motifs is 1. The van der Waals surface area contributed by atoms with E-state index in [2.05, 4.69) is 4.98 Å². The van der Waals surface area contributed by atoms with Crippen LogP contribution in [0, 0.1) is 11.6 Å². The number of para-hydroxylation sites is 2. The second-order valence-corrected chi connectivity index (χ2v) is 8.41. The predicted molar refractivity (Wildman–Crippen MR) is 123 cm³/mol. The Bertz CT molecular complexity index is 1240. The molecule has 8 heteroatoms. The molecule has 32 heavy (non-hydrogen) atoms. The number of aromatic nitrogens is 1. The Morgan fingerprint density at radius 1 is 1.00 bits per heavy atom. The van der Waals surface area contributed by atoms with E-state index in [1.54, 1.807) is 36.4 Å². The fourth-order valence-electron chi connectivity index (χ4n) is 3.14. The van der Waals surface area contributed by atoms with Crippen LogP contribution in [0.3, 0.4) is 0 Å². The number of halogens is 2. The van der Waals surface area contributed by atoms with Gasteiger partial charge in [0.05, 0.1) is 10.3 Å². The first-order valence-electron chi connectivity index (χ1n) is 9.96. The molecule has 1 aromatic heterocycles. The first-order chi connectivity index (χ1) is 15.4. The first kappa shape index (κ1) is 21.9. The van der Waals surface area contributed by atoms with Crippen molar-refractivity contribution in [1.82, 2.24) is 9.88 Å². The standard InChI is InChI=1S/C24H21F2N3O2S/c1-28(2)12-13-29(24-27-22-19(26)14-16(25)15-21(22)32-24)23(30)18-10-6-7-11-20(18)31-17-8-4-3-5-9-17/h3-11,14-15H,12-13H2,1-2H3. The molecule has 0 saturated carbocycles. The summed E-state index contributed by atoms with van der Waals surface area (Å²) in [7, 11) is 3.78. The van der Waals surface area contributed by atoms with Crippen molar-refractivity contribution in [2.24, 2.45) is 0 Å². The Labute approximate surface area is 188 Å². The summed E-state index contributed by atoms with van der Waals surface area (Å²) >= 11 is 1.07. The third-order valence-corrected chi connectivity index (χ3v) is 5.76. The molecule has 0 spiro atoms. The van der Waals surface area contributed by atoms with E-state index in [0.717, 1.165) is 17.4 Å². The molecule has 0 aliphatic carbocycles. The molecule has 4 aromatic rings. The van der Waals surface area contributed by atoms with Crippen molar-refractivity contribution in [2.75, 3.05) is 32.1 Å². The van der Waals surface area contributed by atoms with Gasteiger partial charge in [0.1, 0.15) is 22.8 Å². The average Bonchev–Trinajstić information content (AvgIpc) is 3.18. The number of carbonyl (C=O) groups excluding carboxylic acids is 1. The number of nitrogens with zero attached hydrogens (tertiary/aromatic N) is 3. The number of hydrogen-bond donors (Lipinski definition) is 0. The van der Waals surface area contributed by atoms with Crippen LogP contribution in [0.4, 0.5) is 13.9 Å². The van der Waals surface area contributed by atoms with E-state index < -0.39 is 11.6 Å². The molecule has 0 saturated heterocycles. The highest BCUT2D eigenvalue weighted by Crippen LogP contribution is 2.33. The molecular weight excluding hydrogens is 432 g/mol. The highest BCUT2D eigenvalue weighted by Gasteiger charge is 2.25. The van der Waals surface area contributed by atoms with Crippen molar-refractivity contribution in [3.05, 3.63) is 83.9 Å². The van der Waals surface area contributed by atoms with E-state index in [-0.39, 0.29) is 11.4 Å². The first-order valence-corrected chi connectivity index (χ1v) is 10.8. The molecule has 1 amide bonds. The largest absolute Gasteiger partial charge is 0.457 e. The van der Waals surface area contributed by atoms with Gasteiger partial charge in [-0.2, -0.15) is 0 Å². The number of carbonyl (C=O) groups is 1. The van der Waals surface area contributed by atoms with Gasteiger partial charge in [0.15, 0.2) is 10.9 Å². The number of ether oxygens (including phenoxy) is 1. The van der Waals surface area contributed by atoms with E-state index in [0.29, 0.717) is 40.0 Å². The molecule has 0 fully saturated rings. The third kappa shape index (κ3) is 4.76. The number of benzene rings is 3. The van der Waals surface area contributed by atoms with Gasteiger partial charge in [0.25, 0.3) is 5.91 Å². The zero-order chi connectivity index (χ0) is 22.7. The number of anilines is 1. The monoisotopic (exact) mass is 453 g/mol. The predicted octanol–water partition coefficient (Wildman–Crippen LogP) is 5.58. The second kappa shape index (κ2) is 9.42. The second-order valence-electron chi connectivity index (χ2n) is 7.40. The quantitative estimate of drug-likeness (QED) is 0.367. The number of hydrogen-bond acceptors (Lipinski definition) is 5. The van der Waals surface area contributed by atoms with Crippen LogP contribution in [0.2, 0.25) is 0 Å². The summed E-state index contributed by atoms with van der Waals surface area (Å²) in [6.07, 6.45) is 0. The van der Waals surface area contributed by atoms with Gasteiger partial charge in [-0.15, -0.1) is 0 Å². The van der Waals surface area contributed by atoms with Gasteiger partial charge in [-0.3, -0.25) is 9.69 Å². The van der Waals surface area contributed by atoms with E-state index in [1.165, 1.54) is 11.0 Å². The molecule has 0 radical (unpaired) electrons. The molecule has 0 unspecified atom stereocenters. The molecule has 0 atom stereocenters. The SMILES string of the molecule is CN(C)CCN(C(=O)c1ccccc1Oc1ccccc1)c1nc2c(F)cc(F)cc2s1. The summed E-state index contributed by atoms with van der Waals surface area (Å²) < 4.78 is 34.2. The zero-order valence-corrected chi connectivity index (χ0v) is 18.4. The minimum atomic E-state index is -0.754. The summed E-state index contributed by atoms with van der Waals surface area (Å²) in [6.45, 7) is 0.871. The van der Waals surface area contributed by atoms with Gasteiger partial charge in [-0.05, 0) is 44.4 Å². The minimum absolute atomic E-state index is 0.0443. The fraction of sp³-hybridized carbons (Fsp3) is 0.167. The maximum absolute atomic E-state index is 14.2. The summed E-state index contributed by atoms with van der Waals surface area (Å²) in [6, 6.07) is 18.1. The van der Waals surface area contributed by atoms with E-state index >= 15 is 0 Å². The lowest BCUT2D eigenvalue weighted by atomic mass is 10.1. The Morgan fingerprint density at radius 3 is 2.47 bits per heavy atom. The van der Waals surface area contributed by atoms with Crippen molar-refractivity contribution in [1.29, 1.82) is 0 Å². The van der Waals surface area contributed by atoms with Crippen LogP contribution < -0.4 is 9.64 Å². The lowest BCUT2D eigenvalue weighted by Gasteiger charge is -2.23. The third-order valence-electron chi connectivity index (χ3n) is 4.74. The summed E-state index contributed by atoms with van der Waals surface area (Å²) in [5, 5.41) is 0.297. The lowest BCUT2D eigenvalue weighted by molar-refractivity contribution is 0.0983. The van der Waals surface area contributed by atoms with Gasteiger partial charge in [0, 0.05) is 19.2 Å². The summed E-state index contributed by atoms with van der Waals surface area (Å²) in [4.78, 5) is 21.4. The number of amides is 1.